The molecule has 0 saturated heterocycles. The summed E-state index contributed by atoms with van der Waals surface area (Å²) in [6, 6.07) is 3.93. The van der Waals surface area contributed by atoms with Crippen LogP contribution in [0, 0.1) is 6.92 Å². The third kappa shape index (κ3) is 3.81. The Morgan fingerprint density at radius 2 is 2.16 bits per heavy atom. The standard InChI is InChI=1S/C18H25N5OS/c1-4-6-11-22(5-2)18(24)17-19-16-14(25-17)8-7-12-23(16)15-10-9-13(3)20-21-15/h9-10H,4-8,11-12H2,1-3H3. The minimum atomic E-state index is 0.0466. The summed E-state index contributed by atoms with van der Waals surface area (Å²) in [5.74, 6) is 1.73. The lowest BCUT2D eigenvalue weighted by Crippen LogP contribution is -2.31. The number of hydrogen-bond acceptors (Lipinski definition) is 6. The molecule has 0 atom stereocenters. The van der Waals surface area contributed by atoms with Crippen molar-refractivity contribution in [1.82, 2.24) is 20.1 Å². The fourth-order valence-corrected chi connectivity index (χ4v) is 4.03. The minimum Gasteiger partial charge on any atom is -0.337 e. The average Bonchev–Trinajstić information content (AvgIpc) is 3.07. The van der Waals surface area contributed by atoms with Gasteiger partial charge in [-0.1, -0.05) is 13.3 Å². The number of thiazole rings is 1. The third-order valence-corrected chi connectivity index (χ3v) is 5.50. The van der Waals surface area contributed by atoms with Crippen LogP contribution >= 0.6 is 11.3 Å². The van der Waals surface area contributed by atoms with Gasteiger partial charge >= 0.3 is 0 Å². The molecule has 6 nitrogen and oxygen atoms in total. The second-order valence-electron chi connectivity index (χ2n) is 6.29. The fraction of sp³-hybridized carbons (Fsp3) is 0.556. The first kappa shape index (κ1) is 17.8. The number of fused-ring (bicyclic) bond motifs is 1. The maximum Gasteiger partial charge on any atom is 0.282 e. The largest absolute Gasteiger partial charge is 0.337 e. The molecule has 25 heavy (non-hydrogen) atoms. The molecule has 0 aliphatic carbocycles. The molecule has 1 amide bonds. The number of nitrogens with zero attached hydrogens (tertiary/aromatic N) is 5. The van der Waals surface area contributed by atoms with Gasteiger partial charge in [0.15, 0.2) is 10.8 Å². The molecule has 0 radical (unpaired) electrons. The van der Waals surface area contributed by atoms with Gasteiger partial charge in [0.25, 0.3) is 5.91 Å². The molecule has 134 valence electrons. The number of amides is 1. The zero-order valence-electron chi connectivity index (χ0n) is 15.2. The lowest BCUT2D eigenvalue weighted by Gasteiger charge is -2.25. The van der Waals surface area contributed by atoms with E-state index in [1.165, 1.54) is 16.2 Å². The molecule has 1 aliphatic rings. The van der Waals surface area contributed by atoms with Crippen molar-refractivity contribution in [2.24, 2.45) is 0 Å². The summed E-state index contributed by atoms with van der Waals surface area (Å²) in [7, 11) is 0. The molecule has 3 rings (SSSR count). The van der Waals surface area contributed by atoms with E-state index in [0.29, 0.717) is 5.01 Å². The molecule has 0 bridgehead atoms. The van der Waals surface area contributed by atoms with Crippen molar-refractivity contribution in [3.63, 3.8) is 0 Å². The van der Waals surface area contributed by atoms with Gasteiger partial charge in [-0.3, -0.25) is 4.79 Å². The molecule has 0 spiro atoms. The van der Waals surface area contributed by atoms with Crippen molar-refractivity contribution in [3.8, 4) is 0 Å². The predicted octanol–water partition coefficient (Wildman–Crippen LogP) is 3.59. The zero-order valence-corrected chi connectivity index (χ0v) is 16.0. The van der Waals surface area contributed by atoms with Gasteiger partial charge < -0.3 is 9.80 Å². The Morgan fingerprint density at radius 1 is 1.32 bits per heavy atom. The minimum absolute atomic E-state index is 0.0466. The van der Waals surface area contributed by atoms with Crippen molar-refractivity contribution in [2.45, 2.75) is 46.5 Å². The highest BCUT2D eigenvalue weighted by molar-refractivity contribution is 7.14. The number of unbranched alkanes of at least 4 members (excludes halogenated alkanes) is 1. The van der Waals surface area contributed by atoms with E-state index < -0.39 is 0 Å². The van der Waals surface area contributed by atoms with Gasteiger partial charge in [-0.25, -0.2) is 4.98 Å². The number of carbonyl (C=O) groups excluding carboxylic acids is 1. The molecule has 2 aromatic heterocycles. The van der Waals surface area contributed by atoms with Crippen molar-refractivity contribution in [1.29, 1.82) is 0 Å². The molecular weight excluding hydrogens is 334 g/mol. The maximum absolute atomic E-state index is 12.8. The maximum atomic E-state index is 12.8. The van der Waals surface area contributed by atoms with Crippen molar-refractivity contribution < 1.29 is 4.79 Å². The van der Waals surface area contributed by atoms with Gasteiger partial charge in [0.05, 0.1) is 5.69 Å². The Hall–Kier alpha value is -2.02. The molecule has 0 unspecified atom stereocenters. The summed E-state index contributed by atoms with van der Waals surface area (Å²) >= 11 is 1.53. The van der Waals surface area contributed by atoms with E-state index in [9.17, 15) is 4.79 Å². The van der Waals surface area contributed by atoms with E-state index in [0.717, 1.165) is 62.6 Å². The summed E-state index contributed by atoms with van der Waals surface area (Å²) in [5, 5.41) is 9.04. The molecule has 0 fully saturated rings. The highest BCUT2D eigenvalue weighted by Gasteiger charge is 2.27. The van der Waals surface area contributed by atoms with Crippen LogP contribution in [-0.2, 0) is 6.42 Å². The van der Waals surface area contributed by atoms with Gasteiger partial charge in [0.1, 0.15) is 5.82 Å². The van der Waals surface area contributed by atoms with Gasteiger partial charge in [-0.05, 0) is 45.2 Å². The Bertz CT molecular complexity index is 728. The monoisotopic (exact) mass is 359 g/mol. The van der Waals surface area contributed by atoms with Gasteiger partial charge in [-0.15, -0.1) is 16.4 Å². The number of aromatic nitrogens is 3. The summed E-state index contributed by atoms with van der Waals surface area (Å²) in [6.07, 6.45) is 4.11. The third-order valence-electron chi connectivity index (χ3n) is 4.41. The molecule has 0 aromatic carbocycles. The van der Waals surface area contributed by atoms with Crippen LogP contribution in [0.5, 0.6) is 0 Å². The highest BCUT2D eigenvalue weighted by Crippen LogP contribution is 2.35. The van der Waals surface area contributed by atoms with Crippen LogP contribution in [-0.4, -0.2) is 45.6 Å². The van der Waals surface area contributed by atoms with Gasteiger partial charge in [0.2, 0.25) is 0 Å². The quantitative estimate of drug-likeness (QED) is 0.789. The second-order valence-corrected chi connectivity index (χ2v) is 7.38. The summed E-state index contributed by atoms with van der Waals surface area (Å²) in [6.45, 7) is 8.46. The first-order chi connectivity index (χ1) is 12.1. The van der Waals surface area contributed by atoms with Crippen LogP contribution in [0.1, 0.15) is 53.5 Å². The zero-order chi connectivity index (χ0) is 17.8. The number of anilines is 2. The van der Waals surface area contributed by atoms with E-state index >= 15 is 0 Å². The molecule has 3 heterocycles. The first-order valence-corrected chi connectivity index (χ1v) is 9.82. The topological polar surface area (TPSA) is 62.2 Å². The highest BCUT2D eigenvalue weighted by atomic mass is 32.1. The Kier molecular flexibility index (Phi) is 5.63. The number of hydrogen-bond donors (Lipinski definition) is 0. The van der Waals surface area contributed by atoms with Crippen molar-refractivity contribution >= 4 is 28.9 Å². The van der Waals surface area contributed by atoms with Crippen molar-refractivity contribution in [3.05, 3.63) is 27.7 Å². The smallest absolute Gasteiger partial charge is 0.282 e. The number of rotatable bonds is 6. The molecular formula is C18H25N5OS. The first-order valence-electron chi connectivity index (χ1n) is 9.00. The number of aryl methyl sites for hydroxylation is 2. The van der Waals surface area contributed by atoms with Crippen molar-refractivity contribution in [2.75, 3.05) is 24.5 Å². The normalized spacial score (nSPS) is 13.6. The SMILES string of the molecule is CCCCN(CC)C(=O)c1nc2c(s1)CCCN2c1ccc(C)nn1. The van der Waals surface area contributed by atoms with E-state index in [-0.39, 0.29) is 5.91 Å². The molecule has 2 aromatic rings. The van der Waals surface area contributed by atoms with Crippen LogP contribution in [0.25, 0.3) is 0 Å². The van der Waals surface area contributed by atoms with E-state index in [1.807, 2.05) is 30.9 Å². The number of carbonyl (C=O) groups is 1. The van der Waals surface area contributed by atoms with Crippen LogP contribution in [0.2, 0.25) is 0 Å². The van der Waals surface area contributed by atoms with Crippen LogP contribution in [0.15, 0.2) is 12.1 Å². The van der Waals surface area contributed by atoms with Crippen LogP contribution in [0.3, 0.4) is 0 Å². The summed E-state index contributed by atoms with van der Waals surface area (Å²) in [5.41, 5.74) is 0.893. The molecule has 1 aliphatic heterocycles. The van der Waals surface area contributed by atoms with E-state index in [1.54, 1.807) is 0 Å². The molecule has 0 saturated carbocycles. The molecule has 7 heteroatoms. The van der Waals surface area contributed by atoms with Crippen LogP contribution < -0.4 is 4.90 Å². The lowest BCUT2D eigenvalue weighted by atomic mass is 10.2. The summed E-state index contributed by atoms with van der Waals surface area (Å²) < 4.78 is 0. The Labute approximate surface area is 152 Å². The van der Waals surface area contributed by atoms with Gasteiger partial charge in [0, 0.05) is 24.5 Å². The average molecular weight is 359 g/mol. The lowest BCUT2D eigenvalue weighted by molar-refractivity contribution is 0.0762. The summed E-state index contributed by atoms with van der Waals surface area (Å²) in [4.78, 5) is 22.7. The van der Waals surface area contributed by atoms with E-state index in [4.69, 9.17) is 4.98 Å². The van der Waals surface area contributed by atoms with Gasteiger partial charge in [-0.2, -0.15) is 5.10 Å². The van der Waals surface area contributed by atoms with E-state index in [2.05, 4.69) is 22.0 Å². The molecule has 0 N–H and O–H groups in total. The second kappa shape index (κ2) is 7.91. The fourth-order valence-electron chi connectivity index (χ4n) is 2.96. The van der Waals surface area contributed by atoms with Crippen LogP contribution in [0.4, 0.5) is 11.6 Å². The Morgan fingerprint density at radius 3 is 2.84 bits per heavy atom. The predicted molar refractivity (Wildman–Crippen MR) is 101 cm³/mol. The Balaban J connectivity index is 1.86.